The van der Waals surface area contributed by atoms with Crippen LogP contribution in [0.4, 0.5) is 4.39 Å². The highest BCUT2D eigenvalue weighted by Gasteiger charge is 2.54. The van der Waals surface area contributed by atoms with Crippen LogP contribution in [-0.4, -0.2) is 71.6 Å². The summed E-state index contributed by atoms with van der Waals surface area (Å²) in [6.07, 6.45) is 5.92. The topological polar surface area (TPSA) is 82.1 Å². The molecule has 2 aliphatic carbocycles. The number of nitrogens with zero attached hydrogens (tertiary/aromatic N) is 2. The lowest BCUT2D eigenvalue weighted by atomic mass is 9.79. The Morgan fingerprint density at radius 1 is 1.20 bits per heavy atom. The third kappa shape index (κ3) is 6.81. The highest BCUT2D eigenvalue weighted by atomic mass is 19.1. The standard InChI is InChI=1S/C33H42FN3O4/c1-4-31(39)37-16-15-36(20-23(37)3)21-29(26-6-5-22(2)28(34)17-26)41-27-9-7-25(8-10-27)32(40)35-19-24-11-13-33(14-12-24)18-30(33)38/h4-10,17,23-24,29-30,38H,1,11-16,18-21H2,2-3H3,(H,35,40)/t23-,24?,29-,30-,33?/m1/s1. The van der Waals surface area contributed by atoms with E-state index in [4.69, 9.17) is 4.74 Å². The van der Waals surface area contributed by atoms with Gasteiger partial charge in [0.25, 0.3) is 5.91 Å². The third-order valence-electron chi connectivity index (χ3n) is 9.35. The molecule has 5 rings (SSSR count). The molecule has 1 saturated heterocycles. The molecule has 0 radical (unpaired) electrons. The number of piperazine rings is 1. The van der Waals surface area contributed by atoms with E-state index >= 15 is 0 Å². The fourth-order valence-electron chi connectivity index (χ4n) is 6.41. The molecule has 2 N–H and O–H groups in total. The molecule has 3 fully saturated rings. The van der Waals surface area contributed by atoms with Gasteiger partial charge >= 0.3 is 0 Å². The molecule has 1 spiro atoms. The Morgan fingerprint density at radius 2 is 1.90 bits per heavy atom. The number of carbonyl (C=O) groups excluding carboxylic acids is 2. The van der Waals surface area contributed by atoms with E-state index in [2.05, 4.69) is 16.8 Å². The van der Waals surface area contributed by atoms with Gasteiger partial charge in [0, 0.05) is 44.3 Å². The average molecular weight is 564 g/mol. The first-order valence-electron chi connectivity index (χ1n) is 14.8. The number of benzene rings is 2. The number of aliphatic hydroxyl groups is 1. The predicted molar refractivity (Wildman–Crippen MR) is 156 cm³/mol. The van der Waals surface area contributed by atoms with E-state index in [9.17, 15) is 19.1 Å². The van der Waals surface area contributed by atoms with Crippen LogP contribution in [0.15, 0.2) is 55.1 Å². The maximum Gasteiger partial charge on any atom is 0.251 e. The highest BCUT2D eigenvalue weighted by molar-refractivity contribution is 5.94. The summed E-state index contributed by atoms with van der Waals surface area (Å²) in [5.41, 5.74) is 2.05. The third-order valence-corrected chi connectivity index (χ3v) is 9.35. The van der Waals surface area contributed by atoms with E-state index < -0.39 is 6.10 Å². The van der Waals surface area contributed by atoms with Gasteiger partial charge in [-0.3, -0.25) is 14.5 Å². The Bertz CT molecular complexity index is 1260. The van der Waals surface area contributed by atoms with E-state index in [1.807, 2.05) is 17.9 Å². The molecular formula is C33H42FN3O4. The van der Waals surface area contributed by atoms with Crippen molar-refractivity contribution in [2.75, 3.05) is 32.7 Å². The summed E-state index contributed by atoms with van der Waals surface area (Å²) in [6, 6.07) is 12.3. The lowest BCUT2D eigenvalue weighted by molar-refractivity contribution is -0.130. The minimum atomic E-state index is -0.432. The number of aliphatic hydroxyl groups excluding tert-OH is 1. The Kier molecular flexibility index (Phi) is 8.80. The van der Waals surface area contributed by atoms with Crippen molar-refractivity contribution >= 4 is 11.8 Å². The van der Waals surface area contributed by atoms with Gasteiger partial charge in [0.2, 0.25) is 5.91 Å². The number of aryl methyl sites for hydroxylation is 1. The van der Waals surface area contributed by atoms with Crippen LogP contribution >= 0.6 is 0 Å². The van der Waals surface area contributed by atoms with Crippen molar-refractivity contribution in [3.8, 4) is 5.75 Å². The first-order valence-corrected chi connectivity index (χ1v) is 14.8. The summed E-state index contributed by atoms with van der Waals surface area (Å²) in [4.78, 5) is 29.0. The van der Waals surface area contributed by atoms with Crippen molar-refractivity contribution < 1.29 is 23.8 Å². The van der Waals surface area contributed by atoms with Gasteiger partial charge in [-0.15, -0.1) is 0 Å². The molecule has 0 unspecified atom stereocenters. The normalized spacial score (nSPS) is 26.8. The number of nitrogens with one attached hydrogen (secondary N) is 1. The molecule has 3 atom stereocenters. The lowest BCUT2D eigenvalue weighted by Crippen LogP contribution is -2.54. The zero-order chi connectivity index (χ0) is 29.1. The largest absolute Gasteiger partial charge is 0.484 e. The monoisotopic (exact) mass is 563 g/mol. The zero-order valence-corrected chi connectivity index (χ0v) is 24.2. The van der Waals surface area contributed by atoms with Crippen molar-refractivity contribution in [2.24, 2.45) is 11.3 Å². The molecule has 2 aromatic rings. The molecule has 2 saturated carbocycles. The Balaban J connectivity index is 1.20. The van der Waals surface area contributed by atoms with Crippen LogP contribution in [0.5, 0.6) is 5.75 Å². The molecule has 1 heterocycles. The number of rotatable bonds is 9. The van der Waals surface area contributed by atoms with Gasteiger partial charge in [-0.2, -0.15) is 0 Å². The number of amides is 2. The van der Waals surface area contributed by atoms with Crippen LogP contribution in [0.2, 0.25) is 0 Å². The van der Waals surface area contributed by atoms with Gasteiger partial charge in [-0.1, -0.05) is 18.7 Å². The van der Waals surface area contributed by atoms with E-state index in [-0.39, 0.29) is 35.2 Å². The molecule has 1 aliphatic heterocycles. The average Bonchev–Trinajstić information content (AvgIpc) is 3.60. The molecule has 220 valence electrons. The van der Waals surface area contributed by atoms with Crippen molar-refractivity contribution in [3.05, 3.63) is 77.6 Å². The maximum atomic E-state index is 14.5. The second-order valence-corrected chi connectivity index (χ2v) is 12.2. The van der Waals surface area contributed by atoms with Crippen molar-refractivity contribution in [3.63, 3.8) is 0 Å². The summed E-state index contributed by atoms with van der Waals surface area (Å²) in [5, 5.41) is 12.9. The molecule has 0 aromatic heterocycles. The summed E-state index contributed by atoms with van der Waals surface area (Å²) < 4.78 is 20.9. The van der Waals surface area contributed by atoms with E-state index in [1.54, 1.807) is 37.3 Å². The maximum absolute atomic E-state index is 14.5. The fourth-order valence-corrected chi connectivity index (χ4v) is 6.41. The van der Waals surface area contributed by atoms with Crippen LogP contribution in [0.1, 0.15) is 66.6 Å². The van der Waals surface area contributed by atoms with Crippen LogP contribution in [0, 0.1) is 24.1 Å². The van der Waals surface area contributed by atoms with Gasteiger partial charge in [0.15, 0.2) is 0 Å². The van der Waals surface area contributed by atoms with Gasteiger partial charge in [-0.25, -0.2) is 4.39 Å². The fraction of sp³-hybridized carbons (Fsp3) is 0.515. The van der Waals surface area contributed by atoms with Crippen LogP contribution in [0.25, 0.3) is 0 Å². The summed E-state index contributed by atoms with van der Waals surface area (Å²) in [7, 11) is 0. The van der Waals surface area contributed by atoms with Gasteiger partial charge in [0.1, 0.15) is 17.7 Å². The van der Waals surface area contributed by atoms with Gasteiger partial charge in [0.05, 0.1) is 6.10 Å². The Morgan fingerprint density at radius 3 is 2.51 bits per heavy atom. The summed E-state index contributed by atoms with van der Waals surface area (Å²) in [6.45, 7) is 10.5. The van der Waals surface area contributed by atoms with Crippen LogP contribution in [0.3, 0.4) is 0 Å². The van der Waals surface area contributed by atoms with E-state index in [1.165, 1.54) is 12.1 Å². The SMILES string of the molecule is C=CC(=O)N1CCN(C[C@@H](Oc2ccc(C(=O)NCC3CCC4(CC3)C[C@H]4O)cc2)c2ccc(C)c(F)c2)C[C@H]1C. The van der Waals surface area contributed by atoms with Crippen molar-refractivity contribution in [1.29, 1.82) is 0 Å². The highest BCUT2D eigenvalue weighted by Crippen LogP contribution is 2.57. The first-order chi connectivity index (χ1) is 19.7. The number of hydrogen-bond donors (Lipinski definition) is 2. The Hall–Kier alpha value is -3.23. The minimum Gasteiger partial charge on any atom is -0.484 e. The van der Waals surface area contributed by atoms with E-state index in [0.29, 0.717) is 55.5 Å². The number of hydrogen-bond acceptors (Lipinski definition) is 5. The van der Waals surface area contributed by atoms with Crippen LogP contribution < -0.4 is 10.1 Å². The molecular weight excluding hydrogens is 521 g/mol. The predicted octanol–water partition coefficient (Wildman–Crippen LogP) is 4.64. The molecule has 7 nitrogen and oxygen atoms in total. The molecule has 2 amide bonds. The zero-order valence-electron chi connectivity index (χ0n) is 24.2. The quantitative estimate of drug-likeness (QED) is 0.435. The molecule has 41 heavy (non-hydrogen) atoms. The molecule has 0 bridgehead atoms. The van der Waals surface area contributed by atoms with Gasteiger partial charge < -0.3 is 20.1 Å². The van der Waals surface area contributed by atoms with Crippen molar-refractivity contribution in [2.45, 2.75) is 64.2 Å². The number of carbonyl (C=O) groups is 2. The molecule has 2 aromatic carbocycles. The van der Waals surface area contributed by atoms with Crippen molar-refractivity contribution in [1.82, 2.24) is 15.1 Å². The minimum absolute atomic E-state index is 0.0254. The van der Waals surface area contributed by atoms with E-state index in [0.717, 1.165) is 37.7 Å². The first kappa shape index (κ1) is 29.3. The van der Waals surface area contributed by atoms with Gasteiger partial charge in [-0.05, 0) is 105 Å². The van der Waals surface area contributed by atoms with Crippen LogP contribution in [-0.2, 0) is 4.79 Å². The summed E-state index contributed by atoms with van der Waals surface area (Å²) >= 11 is 0. The smallest absolute Gasteiger partial charge is 0.251 e. The summed E-state index contributed by atoms with van der Waals surface area (Å²) in [5.74, 6) is 0.595. The second kappa shape index (κ2) is 12.3. The Labute approximate surface area is 242 Å². The lowest BCUT2D eigenvalue weighted by Gasteiger charge is -2.40. The molecule has 8 heteroatoms. The molecule has 3 aliphatic rings. The number of ether oxygens (including phenoxy) is 1. The second-order valence-electron chi connectivity index (χ2n) is 12.2. The number of halogens is 1.